The minimum Gasteiger partial charge on any atom is -0.497 e. The Hall–Kier alpha value is -3.26. The molecule has 4 rings (SSSR count). The minimum atomic E-state index is -2.74. The Morgan fingerprint density at radius 2 is 1.53 bits per heavy atom. The van der Waals surface area contributed by atoms with E-state index in [1.807, 2.05) is 48.5 Å². The highest BCUT2D eigenvalue weighted by Crippen LogP contribution is 2.41. The van der Waals surface area contributed by atoms with Gasteiger partial charge >= 0.3 is 7.40 Å². The molecule has 8 heteroatoms. The van der Waals surface area contributed by atoms with Crippen LogP contribution < -0.4 is 14.3 Å². The van der Waals surface area contributed by atoms with Crippen LogP contribution in [0.5, 0.6) is 11.5 Å². The summed E-state index contributed by atoms with van der Waals surface area (Å²) >= 11 is 1.61. The third kappa shape index (κ3) is 4.65. The summed E-state index contributed by atoms with van der Waals surface area (Å²) in [6.07, 6.45) is 1.68. The van der Waals surface area contributed by atoms with E-state index < -0.39 is 7.40 Å². The lowest BCUT2D eigenvalue weighted by atomic mass is 9.98. The predicted octanol–water partition coefficient (Wildman–Crippen LogP) is 6.35. The summed E-state index contributed by atoms with van der Waals surface area (Å²) in [7, 11) is 0.411. The first-order valence-electron chi connectivity index (χ1n) is 9.95. The summed E-state index contributed by atoms with van der Waals surface area (Å²) in [5.74, 6) is 1.87. The van der Waals surface area contributed by atoms with E-state index in [0.29, 0.717) is 22.9 Å². The van der Waals surface area contributed by atoms with Crippen LogP contribution in [0, 0.1) is 0 Å². The van der Waals surface area contributed by atoms with Gasteiger partial charge in [-0.25, -0.2) is 0 Å². The van der Waals surface area contributed by atoms with Crippen molar-refractivity contribution in [3.05, 3.63) is 83.9 Å². The first-order valence-corrected chi connectivity index (χ1v) is 10.9. The molecule has 1 aliphatic rings. The Morgan fingerprint density at radius 3 is 2.16 bits per heavy atom. The Balaban J connectivity index is 1.81. The van der Waals surface area contributed by atoms with E-state index in [2.05, 4.69) is 4.99 Å². The lowest BCUT2D eigenvalue weighted by Crippen LogP contribution is -2.33. The first kappa shape index (κ1) is 22.0. The molecule has 0 saturated heterocycles. The third-order valence-corrected chi connectivity index (χ3v) is 6.18. The quantitative estimate of drug-likeness (QED) is 0.310. The molecule has 162 valence electrons. The molecular weight excluding hydrogens is 429 g/mol. The van der Waals surface area contributed by atoms with Crippen LogP contribution in [-0.4, -0.2) is 33.6 Å². The highest BCUT2D eigenvalue weighted by atomic mass is 32.2. The number of aliphatic imine (C=N–C) groups is 1. The monoisotopic (exact) mass is 450 g/mol. The molecule has 0 fully saturated rings. The van der Waals surface area contributed by atoms with Crippen molar-refractivity contribution in [3.63, 3.8) is 0 Å². The number of anilines is 1. The molecule has 0 spiro atoms. The summed E-state index contributed by atoms with van der Waals surface area (Å²) in [6.45, 7) is 0. The van der Waals surface area contributed by atoms with Gasteiger partial charge < -0.3 is 14.3 Å². The summed E-state index contributed by atoms with van der Waals surface area (Å²) < 4.78 is 39.3. The largest absolute Gasteiger partial charge is 0.678 e. The maximum Gasteiger partial charge on any atom is 0.678 e. The van der Waals surface area contributed by atoms with Crippen LogP contribution in [-0.2, 0) is 0 Å². The second-order valence-electron chi connectivity index (χ2n) is 6.96. The Labute approximate surface area is 190 Å². The number of hydrogen-bond donors (Lipinski definition) is 0. The topological polar surface area (TPSA) is 34.1 Å². The number of rotatable bonds is 7. The van der Waals surface area contributed by atoms with Crippen molar-refractivity contribution in [1.29, 1.82) is 0 Å². The molecule has 4 nitrogen and oxygen atoms in total. The summed E-state index contributed by atoms with van der Waals surface area (Å²) in [5.41, 5.74) is 3.04. The number of halogens is 2. The number of nitrogens with zero attached hydrogens (tertiary/aromatic N) is 2. The van der Waals surface area contributed by atoms with Gasteiger partial charge in [0, 0.05) is 39.4 Å². The second-order valence-corrected chi connectivity index (χ2v) is 7.98. The van der Waals surface area contributed by atoms with Gasteiger partial charge in [0.15, 0.2) is 0 Å². The van der Waals surface area contributed by atoms with Gasteiger partial charge in [-0.1, -0.05) is 18.2 Å². The number of ether oxygens (including phenoxy) is 2. The van der Waals surface area contributed by atoms with Crippen molar-refractivity contribution in [1.82, 2.24) is 0 Å². The maximum absolute atomic E-state index is 14.5. The highest BCUT2D eigenvalue weighted by molar-refractivity contribution is 7.99. The van der Waals surface area contributed by atoms with Gasteiger partial charge in [0.25, 0.3) is 0 Å². The average Bonchev–Trinajstić information content (AvgIpc) is 2.84. The van der Waals surface area contributed by atoms with E-state index in [1.54, 1.807) is 56.5 Å². The number of methoxy groups -OCH3 is 2. The van der Waals surface area contributed by atoms with Gasteiger partial charge in [-0.3, -0.25) is 13.6 Å². The fourth-order valence-electron chi connectivity index (χ4n) is 3.47. The molecule has 1 heterocycles. The molecule has 0 radical (unpaired) electrons. The Morgan fingerprint density at radius 1 is 0.906 bits per heavy atom. The van der Waals surface area contributed by atoms with Crippen molar-refractivity contribution < 1.29 is 18.1 Å². The zero-order chi connectivity index (χ0) is 22.5. The van der Waals surface area contributed by atoms with E-state index in [-0.39, 0.29) is 0 Å². The van der Waals surface area contributed by atoms with Crippen LogP contribution in [0.1, 0.15) is 5.56 Å². The average molecular weight is 450 g/mol. The molecule has 0 saturated carbocycles. The zero-order valence-corrected chi connectivity index (χ0v) is 18.5. The molecule has 3 aromatic carbocycles. The van der Waals surface area contributed by atoms with Crippen LogP contribution in [0.25, 0.3) is 5.70 Å². The van der Waals surface area contributed by atoms with Crippen molar-refractivity contribution in [3.8, 4) is 11.5 Å². The summed E-state index contributed by atoms with van der Waals surface area (Å²) in [4.78, 5) is 6.57. The molecule has 3 aromatic rings. The molecule has 1 aliphatic heterocycles. The van der Waals surface area contributed by atoms with E-state index in [9.17, 15) is 8.63 Å². The smallest absolute Gasteiger partial charge is 0.497 e. The first-order chi connectivity index (χ1) is 15.6. The van der Waals surface area contributed by atoms with Crippen molar-refractivity contribution in [2.24, 2.45) is 4.99 Å². The standard InChI is InChI=1S/C24H21BF2N2O2S/c1-30-20-11-7-18(8-12-20)28-15-17-16-32-23-6-4-3-5-22(23)24(17)29(25(26)27)19-9-13-21(31-2)14-10-19/h3-15H,16H2,1-2H3. The molecule has 0 atom stereocenters. The second kappa shape index (κ2) is 9.91. The van der Waals surface area contributed by atoms with Crippen LogP contribution in [0.4, 0.5) is 20.0 Å². The SMILES string of the molecule is COc1ccc(N=CC2=C(N(B(F)F)c3ccc(OC)cc3)c3ccccc3SC2)cc1. The van der Waals surface area contributed by atoms with Gasteiger partial charge in [0.05, 0.1) is 19.9 Å². The molecule has 0 N–H and O–H groups in total. The Kier molecular flexibility index (Phi) is 6.80. The Bertz CT molecular complexity index is 1140. The van der Waals surface area contributed by atoms with Crippen LogP contribution in [0.2, 0.25) is 0 Å². The summed E-state index contributed by atoms with van der Waals surface area (Å²) in [5, 5.41) is 0. The zero-order valence-electron chi connectivity index (χ0n) is 17.7. The van der Waals surface area contributed by atoms with E-state index in [1.165, 1.54) is 0 Å². The molecule has 0 bridgehead atoms. The van der Waals surface area contributed by atoms with Gasteiger partial charge in [-0.15, -0.1) is 11.8 Å². The molecule has 0 aromatic heterocycles. The molecule has 0 amide bonds. The van der Waals surface area contributed by atoms with Gasteiger partial charge in [-0.05, 0) is 54.6 Å². The fraction of sp³-hybridized carbons (Fsp3) is 0.125. The number of benzene rings is 3. The van der Waals surface area contributed by atoms with Crippen molar-refractivity contribution in [2.75, 3.05) is 24.8 Å². The van der Waals surface area contributed by atoms with Crippen LogP contribution >= 0.6 is 11.8 Å². The van der Waals surface area contributed by atoms with Gasteiger partial charge in [-0.2, -0.15) is 0 Å². The molecular formula is C24H21BF2N2O2S. The number of hydrogen-bond acceptors (Lipinski definition) is 5. The van der Waals surface area contributed by atoms with E-state index in [0.717, 1.165) is 32.3 Å². The highest BCUT2D eigenvalue weighted by Gasteiger charge is 2.34. The normalized spacial score (nSPS) is 13.1. The molecule has 0 unspecified atom stereocenters. The maximum atomic E-state index is 14.5. The van der Waals surface area contributed by atoms with Crippen LogP contribution in [0.3, 0.4) is 0 Å². The number of thioether (sulfide) groups is 1. The van der Waals surface area contributed by atoms with Crippen molar-refractivity contribution in [2.45, 2.75) is 4.90 Å². The summed E-state index contributed by atoms with van der Waals surface area (Å²) in [6, 6.07) is 21.5. The van der Waals surface area contributed by atoms with Gasteiger partial charge in [0.1, 0.15) is 11.5 Å². The predicted molar refractivity (Wildman–Crippen MR) is 129 cm³/mol. The number of fused-ring (bicyclic) bond motifs is 1. The fourth-order valence-corrected chi connectivity index (χ4v) is 4.49. The van der Waals surface area contributed by atoms with E-state index in [4.69, 9.17) is 9.47 Å². The van der Waals surface area contributed by atoms with Gasteiger partial charge in [0.2, 0.25) is 0 Å². The van der Waals surface area contributed by atoms with Crippen molar-refractivity contribution >= 4 is 42.5 Å². The molecule has 0 aliphatic carbocycles. The van der Waals surface area contributed by atoms with E-state index >= 15 is 0 Å². The molecule has 32 heavy (non-hydrogen) atoms. The van der Waals surface area contributed by atoms with Crippen LogP contribution in [0.15, 0.2) is 88.3 Å². The lowest BCUT2D eigenvalue weighted by Gasteiger charge is -2.31. The minimum absolute atomic E-state index is 0.382. The third-order valence-electron chi connectivity index (χ3n) is 5.06. The lowest BCUT2D eigenvalue weighted by molar-refractivity contribution is 0.414.